The Bertz CT molecular complexity index is 799. The predicted octanol–water partition coefficient (Wildman–Crippen LogP) is 14.2. The van der Waals surface area contributed by atoms with E-state index in [2.05, 4.69) is 31.3 Å². The molecule has 5 heteroatoms. The van der Waals surface area contributed by atoms with Crippen LogP contribution in [0.25, 0.3) is 0 Å². The standard InChI is InChI=1S/C49H95NO4/c1-3-5-7-9-11-13-15-17-19-21-23-24-25-26-28-30-32-34-36-38-40-42-46(52)44-49(54)50-47(45-51)48(53)43-41-39-37-35-33-31-29-27-22-20-18-16-14-12-10-8-6-4-2/h33,35,41,43,46-48,51-53H,3-32,34,36-40,42,44-45H2,1-2H3,(H,50,54)/b35-33+,43-41+. The van der Waals surface area contributed by atoms with Crippen LogP contribution in [-0.2, 0) is 4.79 Å². The third kappa shape index (κ3) is 40.5. The SMILES string of the molecule is CCCCCCCCCCCCCC/C=C/CC/C=C/C(O)C(CO)NC(=O)CC(O)CCCCCCCCCCCCCCCCCCCCCCC. The highest BCUT2D eigenvalue weighted by Crippen LogP contribution is 2.17. The maximum atomic E-state index is 12.5. The van der Waals surface area contributed by atoms with Crippen molar-refractivity contribution in [3.63, 3.8) is 0 Å². The Morgan fingerprint density at radius 1 is 0.463 bits per heavy atom. The molecule has 0 fully saturated rings. The lowest BCUT2D eigenvalue weighted by Crippen LogP contribution is -2.45. The molecular formula is C49H95NO4. The van der Waals surface area contributed by atoms with Gasteiger partial charge in [0.2, 0.25) is 5.91 Å². The van der Waals surface area contributed by atoms with Crippen LogP contribution in [0, 0.1) is 0 Å². The van der Waals surface area contributed by atoms with Crippen LogP contribution in [-0.4, -0.2) is 46.1 Å². The first kappa shape index (κ1) is 52.8. The summed E-state index contributed by atoms with van der Waals surface area (Å²) in [6, 6.07) is -0.758. The molecule has 0 aromatic heterocycles. The molecule has 4 N–H and O–H groups in total. The minimum atomic E-state index is -0.949. The minimum Gasteiger partial charge on any atom is -0.394 e. The molecule has 1 amide bonds. The van der Waals surface area contributed by atoms with Gasteiger partial charge in [-0.25, -0.2) is 0 Å². The van der Waals surface area contributed by atoms with Gasteiger partial charge in [0.1, 0.15) is 0 Å². The highest BCUT2D eigenvalue weighted by Gasteiger charge is 2.20. The van der Waals surface area contributed by atoms with Crippen LogP contribution < -0.4 is 5.32 Å². The Labute approximate surface area is 337 Å². The van der Waals surface area contributed by atoms with E-state index in [1.165, 1.54) is 199 Å². The molecule has 0 saturated carbocycles. The van der Waals surface area contributed by atoms with Gasteiger partial charge in [0, 0.05) is 0 Å². The van der Waals surface area contributed by atoms with Gasteiger partial charge in [-0.3, -0.25) is 4.79 Å². The number of hydrogen-bond donors (Lipinski definition) is 4. The Kier molecular flexibility index (Phi) is 43.6. The Hall–Kier alpha value is -1.17. The van der Waals surface area contributed by atoms with Crippen molar-refractivity contribution >= 4 is 5.91 Å². The first-order chi connectivity index (χ1) is 26.5. The second kappa shape index (κ2) is 44.5. The summed E-state index contributed by atoms with van der Waals surface area (Å²) < 4.78 is 0. The first-order valence-corrected chi connectivity index (χ1v) is 24.1. The van der Waals surface area contributed by atoms with Gasteiger partial charge < -0.3 is 20.6 Å². The third-order valence-electron chi connectivity index (χ3n) is 11.2. The van der Waals surface area contributed by atoms with Gasteiger partial charge in [0.15, 0.2) is 0 Å². The van der Waals surface area contributed by atoms with Crippen LogP contribution >= 0.6 is 0 Å². The van der Waals surface area contributed by atoms with Crippen LogP contribution in [0.1, 0.15) is 258 Å². The van der Waals surface area contributed by atoms with Crippen molar-refractivity contribution in [1.82, 2.24) is 5.32 Å². The zero-order valence-corrected chi connectivity index (χ0v) is 36.4. The van der Waals surface area contributed by atoms with E-state index in [9.17, 15) is 20.1 Å². The molecule has 0 radical (unpaired) electrons. The van der Waals surface area contributed by atoms with Gasteiger partial charge in [0.05, 0.1) is 31.3 Å². The molecule has 0 aliphatic rings. The molecule has 3 unspecified atom stereocenters. The van der Waals surface area contributed by atoms with Crippen molar-refractivity contribution in [2.24, 2.45) is 0 Å². The summed E-state index contributed by atoms with van der Waals surface area (Å²) in [5, 5.41) is 33.3. The maximum Gasteiger partial charge on any atom is 0.222 e. The highest BCUT2D eigenvalue weighted by molar-refractivity contribution is 5.76. The molecule has 0 aromatic rings. The summed E-state index contributed by atoms with van der Waals surface area (Å²) in [6.07, 6.45) is 54.8. The normalized spacial score (nSPS) is 13.6. The van der Waals surface area contributed by atoms with E-state index >= 15 is 0 Å². The molecule has 0 bridgehead atoms. The summed E-state index contributed by atoms with van der Waals surface area (Å²) in [5.74, 6) is -0.321. The summed E-state index contributed by atoms with van der Waals surface area (Å²) >= 11 is 0. The van der Waals surface area contributed by atoms with Gasteiger partial charge in [-0.1, -0.05) is 244 Å². The fraction of sp³-hybridized carbons (Fsp3) is 0.898. The number of carbonyl (C=O) groups is 1. The highest BCUT2D eigenvalue weighted by atomic mass is 16.3. The first-order valence-electron chi connectivity index (χ1n) is 24.1. The molecule has 0 aromatic carbocycles. The van der Waals surface area contributed by atoms with Crippen molar-refractivity contribution in [2.75, 3.05) is 6.61 Å². The van der Waals surface area contributed by atoms with E-state index in [-0.39, 0.29) is 18.9 Å². The number of amides is 1. The van der Waals surface area contributed by atoms with Gasteiger partial charge in [0.25, 0.3) is 0 Å². The summed E-state index contributed by atoms with van der Waals surface area (Å²) in [5.41, 5.74) is 0. The molecule has 320 valence electrons. The van der Waals surface area contributed by atoms with E-state index < -0.39 is 18.2 Å². The number of allylic oxidation sites excluding steroid dienone is 3. The lowest BCUT2D eigenvalue weighted by molar-refractivity contribution is -0.124. The molecule has 0 spiro atoms. The summed E-state index contributed by atoms with van der Waals surface area (Å²) in [6.45, 7) is 4.22. The van der Waals surface area contributed by atoms with Crippen molar-refractivity contribution in [1.29, 1.82) is 0 Å². The van der Waals surface area contributed by atoms with E-state index in [0.29, 0.717) is 6.42 Å². The molecule has 0 aliphatic carbocycles. The molecule has 0 rings (SSSR count). The minimum absolute atomic E-state index is 0.0100. The number of rotatable bonds is 44. The maximum absolute atomic E-state index is 12.5. The average Bonchev–Trinajstić information content (AvgIpc) is 3.16. The van der Waals surface area contributed by atoms with Crippen molar-refractivity contribution < 1.29 is 20.1 Å². The van der Waals surface area contributed by atoms with Crippen molar-refractivity contribution in [3.05, 3.63) is 24.3 Å². The quantitative estimate of drug-likeness (QED) is 0.0368. The van der Waals surface area contributed by atoms with E-state index in [4.69, 9.17) is 0 Å². The number of hydrogen-bond acceptors (Lipinski definition) is 4. The van der Waals surface area contributed by atoms with Crippen LogP contribution in [0.15, 0.2) is 24.3 Å². The van der Waals surface area contributed by atoms with E-state index in [1.54, 1.807) is 6.08 Å². The largest absolute Gasteiger partial charge is 0.394 e. The number of nitrogens with one attached hydrogen (secondary N) is 1. The van der Waals surface area contributed by atoms with Gasteiger partial charge in [-0.05, 0) is 32.1 Å². The molecular weight excluding hydrogens is 667 g/mol. The molecule has 0 saturated heterocycles. The predicted molar refractivity (Wildman–Crippen MR) is 236 cm³/mol. The van der Waals surface area contributed by atoms with Crippen molar-refractivity contribution in [3.8, 4) is 0 Å². The zero-order chi connectivity index (χ0) is 39.4. The molecule has 0 aliphatic heterocycles. The number of aliphatic hydroxyl groups excluding tert-OH is 3. The lowest BCUT2D eigenvalue weighted by atomic mass is 10.0. The van der Waals surface area contributed by atoms with E-state index in [0.717, 1.165) is 32.1 Å². The van der Waals surface area contributed by atoms with Crippen LogP contribution in [0.3, 0.4) is 0 Å². The monoisotopic (exact) mass is 762 g/mol. The van der Waals surface area contributed by atoms with Crippen LogP contribution in [0.2, 0.25) is 0 Å². The van der Waals surface area contributed by atoms with Crippen LogP contribution in [0.4, 0.5) is 0 Å². The molecule has 5 nitrogen and oxygen atoms in total. The topological polar surface area (TPSA) is 89.8 Å². The number of unbranched alkanes of at least 4 members (excludes halogenated alkanes) is 33. The Balaban J connectivity index is 3.63. The number of carbonyl (C=O) groups excluding carboxylic acids is 1. The number of aliphatic hydroxyl groups is 3. The smallest absolute Gasteiger partial charge is 0.222 e. The fourth-order valence-electron chi connectivity index (χ4n) is 7.53. The van der Waals surface area contributed by atoms with Gasteiger partial charge in [-0.15, -0.1) is 0 Å². The average molecular weight is 762 g/mol. The van der Waals surface area contributed by atoms with Gasteiger partial charge >= 0.3 is 0 Å². The molecule has 3 atom stereocenters. The second-order valence-corrected chi connectivity index (χ2v) is 16.7. The summed E-state index contributed by atoms with van der Waals surface area (Å²) in [7, 11) is 0. The lowest BCUT2D eigenvalue weighted by Gasteiger charge is -2.21. The molecule has 54 heavy (non-hydrogen) atoms. The molecule has 0 heterocycles. The van der Waals surface area contributed by atoms with E-state index in [1.807, 2.05) is 6.08 Å². The Morgan fingerprint density at radius 3 is 1.19 bits per heavy atom. The van der Waals surface area contributed by atoms with Crippen molar-refractivity contribution in [2.45, 2.75) is 276 Å². The van der Waals surface area contributed by atoms with Gasteiger partial charge in [-0.2, -0.15) is 0 Å². The van der Waals surface area contributed by atoms with Crippen LogP contribution in [0.5, 0.6) is 0 Å². The zero-order valence-electron chi connectivity index (χ0n) is 36.4. The summed E-state index contributed by atoms with van der Waals surface area (Å²) in [4.78, 5) is 12.5. The third-order valence-corrected chi connectivity index (χ3v) is 11.2. The second-order valence-electron chi connectivity index (χ2n) is 16.7. The fourth-order valence-corrected chi connectivity index (χ4v) is 7.53. The Morgan fingerprint density at radius 2 is 0.796 bits per heavy atom.